The van der Waals surface area contributed by atoms with Crippen LogP contribution in [0.25, 0.3) is 0 Å². The number of hydrogen-bond donors (Lipinski definition) is 0. The molecule has 0 aliphatic carbocycles. The normalized spacial score (nSPS) is 12.7. The minimum absolute atomic E-state index is 0.305. The minimum atomic E-state index is -4.46. The van der Waals surface area contributed by atoms with Crippen molar-refractivity contribution in [2.45, 2.75) is 10.4 Å². The van der Waals surface area contributed by atoms with Gasteiger partial charge in [-0.3, -0.25) is 0 Å². The quantitative estimate of drug-likeness (QED) is 0.799. The highest BCUT2D eigenvalue weighted by Crippen LogP contribution is 2.30. The molecule has 1 aromatic carbocycles. The molecule has 0 amide bonds. The zero-order valence-corrected chi connectivity index (χ0v) is 10.0. The lowest BCUT2D eigenvalue weighted by Crippen LogP contribution is -2.12. The molecule has 8 heteroatoms. The van der Waals surface area contributed by atoms with Crippen LogP contribution in [0, 0.1) is 5.82 Å². The van der Waals surface area contributed by atoms with Crippen LogP contribution in [0.15, 0.2) is 29.2 Å². The van der Waals surface area contributed by atoms with Gasteiger partial charge in [-0.2, -0.15) is 13.2 Å². The number of rotatable bonds is 4. The summed E-state index contributed by atoms with van der Waals surface area (Å²) in [5.41, 5.74) is -4.46. The van der Waals surface area contributed by atoms with Crippen LogP contribution in [0.5, 0.6) is 0 Å². The molecule has 0 aliphatic heterocycles. The van der Waals surface area contributed by atoms with Crippen LogP contribution in [-0.4, -0.2) is 25.4 Å². The van der Waals surface area contributed by atoms with Gasteiger partial charge in [0.05, 0.1) is 10.6 Å². The standard InChI is InChI=1S/C9H8F4O2S2/c10-7-2-1-3-8(6-7)17(14,15)5-4-16-9(11,12)13/h1-3,6H,4-5H2. The van der Waals surface area contributed by atoms with Crippen molar-refractivity contribution in [1.29, 1.82) is 0 Å². The average molecular weight is 288 g/mol. The summed E-state index contributed by atoms with van der Waals surface area (Å²) in [4.78, 5) is -0.305. The summed E-state index contributed by atoms with van der Waals surface area (Å²) in [6.07, 6.45) is 0. The Kier molecular flexibility index (Phi) is 4.42. The minimum Gasteiger partial charge on any atom is -0.224 e. The summed E-state index contributed by atoms with van der Waals surface area (Å²) in [5, 5.41) is 0. The second kappa shape index (κ2) is 5.26. The van der Waals surface area contributed by atoms with E-state index >= 15 is 0 Å². The van der Waals surface area contributed by atoms with Gasteiger partial charge in [0.15, 0.2) is 9.84 Å². The molecule has 0 unspecified atom stereocenters. The van der Waals surface area contributed by atoms with E-state index in [-0.39, 0.29) is 4.90 Å². The molecule has 0 heterocycles. The third kappa shape index (κ3) is 4.95. The van der Waals surface area contributed by atoms with Gasteiger partial charge in [-0.25, -0.2) is 12.8 Å². The summed E-state index contributed by atoms with van der Waals surface area (Å²) in [6, 6.07) is 4.19. The maximum absolute atomic E-state index is 12.8. The molecule has 0 N–H and O–H groups in total. The van der Waals surface area contributed by atoms with E-state index in [2.05, 4.69) is 0 Å². The number of benzene rings is 1. The average Bonchev–Trinajstić information content (AvgIpc) is 2.15. The molecule has 0 saturated carbocycles. The Morgan fingerprint density at radius 3 is 2.41 bits per heavy atom. The summed E-state index contributed by atoms with van der Waals surface area (Å²) < 4.78 is 71.2. The first-order chi connectivity index (χ1) is 7.71. The maximum Gasteiger partial charge on any atom is 0.441 e. The van der Waals surface area contributed by atoms with Gasteiger partial charge in [-0.1, -0.05) is 6.07 Å². The summed E-state index contributed by atoms with van der Waals surface area (Å²) in [5.74, 6) is -2.03. The predicted molar refractivity (Wildman–Crippen MR) is 57.0 cm³/mol. The number of hydrogen-bond acceptors (Lipinski definition) is 3. The Balaban J connectivity index is 2.70. The topological polar surface area (TPSA) is 34.1 Å². The molecule has 0 aliphatic rings. The molecular formula is C9H8F4O2S2. The molecule has 17 heavy (non-hydrogen) atoms. The molecule has 0 atom stereocenters. The van der Waals surface area contributed by atoms with Crippen LogP contribution in [0.2, 0.25) is 0 Å². The molecule has 1 rings (SSSR count). The summed E-state index contributed by atoms with van der Waals surface area (Å²) in [6.45, 7) is 0. The monoisotopic (exact) mass is 288 g/mol. The van der Waals surface area contributed by atoms with Gasteiger partial charge >= 0.3 is 5.51 Å². The highest BCUT2D eigenvalue weighted by atomic mass is 32.2. The second-order valence-corrected chi connectivity index (χ2v) is 6.34. The van der Waals surface area contributed by atoms with Gasteiger partial charge < -0.3 is 0 Å². The largest absolute Gasteiger partial charge is 0.441 e. The van der Waals surface area contributed by atoms with Crippen molar-refractivity contribution in [1.82, 2.24) is 0 Å². The van der Waals surface area contributed by atoms with E-state index in [1.807, 2.05) is 0 Å². The lowest BCUT2D eigenvalue weighted by atomic mass is 10.4. The Hall–Kier alpha value is -0.760. The number of sulfone groups is 1. The third-order valence-corrected chi connectivity index (χ3v) is 4.48. The summed E-state index contributed by atoms with van der Waals surface area (Å²) >= 11 is -0.414. The zero-order valence-electron chi connectivity index (χ0n) is 8.37. The highest BCUT2D eigenvalue weighted by Gasteiger charge is 2.29. The first-order valence-corrected chi connectivity index (χ1v) is 7.03. The fraction of sp³-hybridized carbons (Fsp3) is 0.333. The Bertz CT molecular complexity index is 482. The number of alkyl halides is 3. The van der Waals surface area contributed by atoms with Crippen molar-refractivity contribution in [2.24, 2.45) is 0 Å². The number of thioether (sulfide) groups is 1. The van der Waals surface area contributed by atoms with Gasteiger partial charge in [0.25, 0.3) is 0 Å². The van der Waals surface area contributed by atoms with Crippen LogP contribution >= 0.6 is 11.8 Å². The van der Waals surface area contributed by atoms with Crippen LogP contribution < -0.4 is 0 Å². The maximum atomic E-state index is 12.8. The highest BCUT2D eigenvalue weighted by molar-refractivity contribution is 8.01. The van der Waals surface area contributed by atoms with E-state index in [4.69, 9.17) is 0 Å². The van der Waals surface area contributed by atoms with Crippen LogP contribution in [-0.2, 0) is 9.84 Å². The molecular weight excluding hydrogens is 280 g/mol. The molecule has 1 aromatic rings. The smallest absolute Gasteiger partial charge is 0.224 e. The van der Waals surface area contributed by atoms with E-state index < -0.39 is 44.4 Å². The van der Waals surface area contributed by atoms with Crippen LogP contribution in [0.3, 0.4) is 0 Å². The first kappa shape index (κ1) is 14.3. The van der Waals surface area contributed by atoms with E-state index in [0.717, 1.165) is 18.2 Å². The lowest BCUT2D eigenvalue weighted by molar-refractivity contribution is -0.0326. The fourth-order valence-corrected chi connectivity index (χ4v) is 3.30. The Labute approximate surface area is 99.9 Å². The van der Waals surface area contributed by atoms with Crippen molar-refractivity contribution < 1.29 is 26.0 Å². The van der Waals surface area contributed by atoms with Crippen molar-refractivity contribution in [3.8, 4) is 0 Å². The molecule has 96 valence electrons. The van der Waals surface area contributed by atoms with Crippen LogP contribution in [0.1, 0.15) is 0 Å². The van der Waals surface area contributed by atoms with Gasteiger partial charge in [-0.05, 0) is 30.0 Å². The fourth-order valence-electron chi connectivity index (χ4n) is 1.05. The molecule has 0 saturated heterocycles. The van der Waals surface area contributed by atoms with Crippen molar-refractivity contribution in [2.75, 3.05) is 11.5 Å². The summed E-state index contributed by atoms with van der Waals surface area (Å²) in [7, 11) is -3.87. The molecule has 0 fully saturated rings. The molecule has 2 nitrogen and oxygen atoms in total. The third-order valence-electron chi connectivity index (χ3n) is 1.77. The number of halogens is 4. The van der Waals surface area contributed by atoms with Crippen molar-refractivity contribution in [3.05, 3.63) is 30.1 Å². The van der Waals surface area contributed by atoms with E-state index in [0.29, 0.717) is 0 Å². The molecule has 0 spiro atoms. The van der Waals surface area contributed by atoms with Crippen molar-refractivity contribution in [3.63, 3.8) is 0 Å². The first-order valence-electron chi connectivity index (χ1n) is 4.40. The van der Waals surface area contributed by atoms with Gasteiger partial charge in [-0.15, -0.1) is 0 Å². The van der Waals surface area contributed by atoms with E-state index in [1.54, 1.807) is 0 Å². The van der Waals surface area contributed by atoms with Crippen molar-refractivity contribution >= 4 is 21.6 Å². The van der Waals surface area contributed by atoms with Gasteiger partial charge in [0.2, 0.25) is 0 Å². The van der Waals surface area contributed by atoms with Gasteiger partial charge in [0, 0.05) is 5.75 Å². The zero-order chi connectivity index (χ0) is 13.1. The van der Waals surface area contributed by atoms with Crippen LogP contribution in [0.4, 0.5) is 17.6 Å². The predicted octanol–water partition coefficient (Wildman–Crippen LogP) is 2.85. The van der Waals surface area contributed by atoms with E-state index in [1.165, 1.54) is 6.07 Å². The van der Waals surface area contributed by atoms with Gasteiger partial charge in [0.1, 0.15) is 5.82 Å². The SMILES string of the molecule is O=S(=O)(CCSC(F)(F)F)c1cccc(F)c1. The lowest BCUT2D eigenvalue weighted by Gasteiger charge is -2.06. The molecule has 0 bridgehead atoms. The Morgan fingerprint density at radius 2 is 1.88 bits per heavy atom. The Morgan fingerprint density at radius 1 is 1.24 bits per heavy atom. The molecule has 0 radical (unpaired) electrons. The second-order valence-electron chi connectivity index (χ2n) is 3.07. The van der Waals surface area contributed by atoms with E-state index in [9.17, 15) is 26.0 Å². The molecule has 0 aromatic heterocycles.